The molecule has 0 amide bonds. The fourth-order valence-corrected chi connectivity index (χ4v) is 3.39. The monoisotopic (exact) mass is 344 g/mol. The van der Waals surface area contributed by atoms with Crippen molar-refractivity contribution in [3.8, 4) is 11.5 Å². The van der Waals surface area contributed by atoms with Crippen LogP contribution in [0.5, 0.6) is 11.5 Å². The van der Waals surface area contributed by atoms with E-state index in [1.165, 1.54) is 14.2 Å². The van der Waals surface area contributed by atoms with Gasteiger partial charge >= 0.3 is 11.9 Å². The van der Waals surface area contributed by atoms with Gasteiger partial charge in [0.15, 0.2) is 16.9 Å². The van der Waals surface area contributed by atoms with Crippen LogP contribution in [0.2, 0.25) is 0 Å². The third-order valence-corrected chi connectivity index (χ3v) is 4.65. The zero-order valence-corrected chi connectivity index (χ0v) is 14.3. The van der Waals surface area contributed by atoms with Crippen LogP contribution >= 0.6 is 0 Å². The Balaban J connectivity index is 2.12. The molecule has 25 heavy (non-hydrogen) atoms. The zero-order valence-electron chi connectivity index (χ0n) is 14.3. The fraction of sp³-hybridized carbons (Fsp3) is 0.368. The summed E-state index contributed by atoms with van der Waals surface area (Å²) >= 11 is 0. The number of fused-ring (bicyclic) bond motifs is 1. The Morgan fingerprint density at radius 1 is 1.16 bits per heavy atom. The Morgan fingerprint density at radius 2 is 1.84 bits per heavy atom. The second-order valence-electron chi connectivity index (χ2n) is 6.02. The Hall–Kier alpha value is -2.76. The number of allylic oxidation sites excluding steroid dienone is 1. The number of methoxy groups -OCH3 is 2. The molecule has 6 nitrogen and oxygen atoms in total. The molecule has 2 aliphatic rings. The van der Waals surface area contributed by atoms with Crippen LogP contribution in [0.25, 0.3) is 6.08 Å². The average molecular weight is 344 g/mol. The van der Waals surface area contributed by atoms with E-state index in [2.05, 4.69) is 6.58 Å². The van der Waals surface area contributed by atoms with Crippen LogP contribution in [0.3, 0.4) is 0 Å². The van der Waals surface area contributed by atoms with E-state index in [1.807, 2.05) is 6.07 Å². The first kappa shape index (κ1) is 17.1. The quantitative estimate of drug-likeness (QED) is 0.620. The first-order valence-corrected chi connectivity index (χ1v) is 7.99. The number of benzene rings is 1. The van der Waals surface area contributed by atoms with E-state index in [4.69, 9.17) is 18.9 Å². The molecule has 3 rings (SSSR count). The van der Waals surface area contributed by atoms with Crippen LogP contribution in [0, 0.1) is 5.41 Å². The lowest BCUT2D eigenvalue weighted by Gasteiger charge is -2.35. The van der Waals surface area contributed by atoms with Crippen molar-refractivity contribution in [3.63, 3.8) is 0 Å². The molecule has 1 aliphatic heterocycles. The minimum absolute atomic E-state index is 0.177. The summed E-state index contributed by atoms with van der Waals surface area (Å²) in [5, 5.41) is 0. The molecule has 1 heterocycles. The summed E-state index contributed by atoms with van der Waals surface area (Å²) in [7, 11) is 2.53. The first-order chi connectivity index (χ1) is 12.0. The Kier molecular flexibility index (Phi) is 4.53. The summed E-state index contributed by atoms with van der Waals surface area (Å²) in [6, 6.07) is 5.43. The van der Waals surface area contributed by atoms with Crippen LogP contribution in [-0.2, 0) is 19.1 Å². The van der Waals surface area contributed by atoms with Crippen molar-refractivity contribution in [2.24, 2.45) is 5.41 Å². The molecular weight excluding hydrogens is 324 g/mol. The van der Waals surface area contributed by atoms with E-state index in [0.717, 1.165) is 11.1 Å². The van der Waals surface area contributed by atoms with Gasteiger partial charge in [-0.3, -0.25) is 9.59 Å². The Morgan fingerprint density at radius 3 is 2.52 bits per heavy atom. The number of carbonyl (C=O) groups is 2. The van der Waals surface area contributed by atoms with Gasteiger partial charge in [0.25, 0.3) is 0 Å². The Labute approximate surface area is 146 Å². The summed E-state index contributed by atoms with van der Waals surface area (Å²) in [6.07, 6.45) is 3.45. The van der Waals surface area contributed by atoms with Gasteiger partial charge < -0.3 is 18.9 Å². The summed E-state index contributed by atoms with van der Waals surface area (Å²) in [5.74, 6) is 0.0220. The van der Waals surface area contributed by atoms with E-state index in [1.54, 1.807) is 18.2 Å². The molecule has 1 fully saturated rings. The molecular formula is C19H20O6. The van der Waals surface area contributed by atoms with Crippen molar-refractivity contribution in [2.45, 2.75) is 19.3 Å². The van der Waals surface area contributed by atoms with Crippen LogP contribution in [0.4, 0.5) is 0 Å². The van der Waals surface area contributed by atoms with Crippen molar-refractivity contribution in [3.05, 3.63) is 41.5 Å². The lowest BCUT2D eigenvalue weighted by Crippen LogP contribution is -2.45. The van der Waals surface area contributed by atoms with Gasteiger partial charge in [0.2, 0.25) is 6.79 Å². The predicted molar refractivity (Wildman–Crippen MR) is 90.0 cm³/mol. The number of carbonyl (C=O) groups excluding carboxylic acids is 2. The molecule has 1 saturated carbocycles. The maximum Gasteiger partial charge on any atom is 0.327 e. The molecule has 6 heteroatoms. The van der Waals surface area contributed by atoms with Crippen LogP contribution in [0.15, 0.2) is 35.9 Å². The highest BCUT2D eigenvalue weighted by Crippen LogP contribution is 2.46. The number of ether oxygens (including phenoxy) is 4. The lowest BCUT2D eigenvalue weighted by atomic mass is 9.67. The third kappa shape index (κ3) is 2.77. The van der Waals surface area contributed by atoms with Crippen LogP contribution < -0.4 is 9.47 Å². The third-order valence-electron chi connectivity index (χ3n) is 4.65. The Bertz CT molecular complexity index is 745. The van der Waals surface area contributed by atoms with Gasteiger partial charge in [-0.25, -0.2) is 0 Å². The standard InChI is InChI=1S/C19H20O6/c1-12-5-4-8-19(17(20)22-2,18(21)23-3)14(12)9-13-6-7-15-16(10-13)25-11-24-15/h6-7,9-10H,1,4-5,8,11H2,2-3H3/b14-9-. The van der Waals surface area contributed by atoms with E-state index in [-0.39, 0.29) is 6.79 Å². The summed E-state index contributed by atoms with van der Waals surface area (Å²) in [4.78, 5) is 25.1. The highest BCUT2D eigenvalue weighted by Gasteiger charge is 2.53. The molecule has 0 N–H and O–H groups in total. The molecule has 1 aromatic carbocycles. The second kappa shape index (κ2) is 6.63. The molecule has 0 atom stereocenters. The first-order valence-electron chi connectivity index (χ1n) is 7.99. The van der Waals surface area contributed by atoms with Crippen molar-refractivity contribution in [2.75, 3.05) is 21.0 Å². The zero-order chi connectivity index (χ0) is 18.0. The van der Waals surface area contributed by atoms with E-state index in [9.17, 15) is 9.59 Å². The van der Waals surface area contributed by atoms with E-state index >= 15 is 0 Å². The summed E-state index contributed by atoms with van der Waals surface area (Å²) in [6.45, 7) is 4.23. The highest BCUT2D eigenvalue weighted by molar-refractivity contribution is 6.06. The summed E-state index contributed by atoms with van der Waals surface area (Å²) in [5.41, 5.74) is 0.533. The van der Waals surface area contributed by atoms with Gasteiger partial charge in [-0.15, -0.1) is 0 Å². The van der Waals surface area contributed by atoms with Crippen molar-refractivity contribution in [1.29, 1.82) is 0 Å². The largest absolute Gasteiger partial charge is 0.468 e. The molecule has 0 saturated heterocycles. The van der Waals surface area contributed by atoms with Gasteiger partial charge in [-0.2, -0.15) is 0 Å². The van der Waals surface area contributed by atoms with Crippen LogP contribution in [-0.4, -0.2) is 33.0 Å². The molecule has 0 radical (unpaired) electrons. The molecule has 0 spiro atoms. The van der Waals surface area contributed by atoms with Gasteiger partial charge in [0.1, 0.15) is 0 Å². The highest BCUT2D eigenvalue weighted by atomic mass is 16.7. The molecule has 0 unspecified atom stereocenters. The SMILES string of the molecule is C=C1CCCC(C(=O)OC)(C(=O)OC)/C1=C\c1ccc2c(c1)OCO2. The maximum absolute atomic E-state index is 12.6. The molecule has 1 aromatic rings. The number of esters is 2. The molecule has 1 aliphatic carbocycles. The maximum atomic E-state index is 12.6. The topological polar surface area (TPSA) is 71.1 Å². The summed E-state index contributed by atoms with van der Waals surface area (Å²) < 4.78 is 20.6. The van der Waals surface area contributed by atoms with Crippen molar-refractivity contribution in [1.82, 2.24) is 0 Å². The smallest absolute Gasteiger partial charge is 0.327 e. The average Bonchev–Trinajstić information content (AvgIpc) is 3.09. The normalized spacial score (nSPS) is 19.6. The minimum atomic E-state index is -1.49. The molecule has 0 bridgehead atoms. The van der Waals surface area contributed by atoms with Crippen molar-refractivity contribution < 1.29 is 28.5 Å². The number of hydrogen-bond acceptors (Lipinski definition) is 6. The van der Waals surface area contributed by atoms with Gasteiger partial charge in [0, 0.05) is 0 Å². The minimum Gasteiger partial charge on any atom is -0.468 e. The second-order valence-corrected chi connectivity index (χ2v) is 6.02. The van der Waals surface area contributed by atoms with Gasteiger partial charge in [-0.1, -0.05) is 18.2 Å². The number of hydrogen-bond donors (Lipinski definition) is 0. The van der Waals surface area contributed by atoms with E-state index in [0.29, 0.717) is 36.3 Å². The van der Waals surface area contributed by atoms with Gasteiger partial charge in [0.05, 0.1) is 14.2 Å². The predicted octanol–water partition coefficient (Wildman–Crippen LogP) is 2.87. The number of rotatable bonds is 3. The molecule has 132 valence electrons. The van der Waals surface area contributed by atoms with Crippen LogP contribution in [0.1, 0.15) is 24.8 Å². The fourth-order valence-electron chi connectivity index (χ4n) is 3.39. The van der Waals surface area contributed by atoms with Crippen molar-refractivity contribution >= 4 is 18.0 Å². The lowest BCUT2D eigenvalue weighted by molar-refractivity contribution is -0.166. The van der Waals surface area contributed by atoms with Gasteiger partial charge in [-0.05, 0) is 48.6 Å². The van der Waals surface area contributed by atoms with E-state index < -0.39 is 17.4 Å². The molecule has 0 aromatic heterocycles.